The number of hydrogen-bond donors (Lipinski definition) is 2. The lowest BCUT2D eigenvalue weighted by molar-refractivity contribution is -0.123. The monoisotopic (exact) mass is 451 g/mol. The summed E-state index contributed by atoms with van der Waals surface area (Å²) < 4.78 is 0. The van der Waals surface area contributed by atoms with Gasteiger partial charge in [0.05, 0.1) is 16.7 Å². The van der Waals surface area contributed by atoms with Crippen LogP contribution in [0.1, 0.15) is 30.6 Å². The van der Waals surface area contributed by atoms with Gasteiger partial charge in [-0.1, -0.05) is 60.8 Å². The normalized spacial score (nSPS) is 11.6. The Bertz CT molecular complexity index is 934. The quantitative estimate of drug-likeness (QED) is 0.573. The lowest BCUT2D eigenvalue weighted by Crippen LogP contribution is -2.47. The molecule has 2 N–H and O–H groups in total. The van der Waals surface area contributed by atoms with Crippen LogP contribution in [-0.4, -0.2) is 24.4 Å². The Morgan fingerprint density at radius 2 is 1.72 bits per heavy atom. The van der Waals surface area contributed by atoms with Crippen LogP contribution in [0.5, 0.6) is 0 Å². The third-order valence-electron chi connectivity index (χ3n) is 4.14. The Labute approximate surface area is 184 Å². The molecule has 0 spiro atoms. The minimum absolute atomic E-state index is 0.128. The van der Waals surface area contributed by atoms with Crippen LogP contribution in [0.2, 0.25) is 15.1 Å². The molecule has 2 aromatic rings. The van der Waals surface area contributed by atoms with E-state index in [4.69, 9.17) is 40.1 Å². The Balaban J connectivity index is 2.26. The molecule has 152 valence electrons. The van der Waals surface area contributed by atoms with Crippen LogP contribution in [-0.2, 0) is 4.79 Å². The molecule has 0 bridgehead atoms. The van der Waals surface area contributed by atoms with E-state index in [0.29, 0.717) is 27.6 Å². The molecule has 29 heavy (non-hydrogen) atoms. The highest BCUT2D eigenvalue weighted by atomic mass is 35.5. The maximum absolute atomic E-state index is 12.7. The zero-order valence-electron chi connectivity index (χ0n) is 15.9. The van der Waals surface area contributed by atoms with Gasteiger partial charge in [0.1, 0.15) is 12.6 Å². The number of carbonyl (C=O) groups excluding carboxylic acids is 2. The first-order valence-electron chi connectivity index (χ1n) is 8.94. The summed E-state index contributed by atoms with van der Waals surface area (Å²) in [6.45, 7) is 3.75. The van der Waals surface area contributed by atoms with Crippen molar-refractivity contribution in [1.82, 2.24) is 10.6 Å². The number of amides is 2. The van der Waals surface area contributed by atoms with Gasteiger partial charge in [-0.05, 0) is 42.2 Å². The molecule has 2 aromatic carbocycles. The van der Waals surface area contributed by atoms with Crippen molar-refractivity contribution in [2.75, 3.05) is 6.54 Å². The molecule has 2 rings (SSSR count). The highest BCUT2D eigenvalue weighted by molar-refractivity contribution is 6.39. The number of hydrogen-bond acceptors (Lipinski definition) is 3. The van der Waals surface area contributed by atoms with E-state index in [0.717, 1.165) is 0 Å². The number of carbonyl (C=O) groups is 2. The van der Waals surface area contributed by atoms with Crippen molar-refractivity contribution in [2.24, 2.45) is 5.92 Å². The molecular weight excluding hydrogens is 433 g/mol. The van der Waals surface area contributed by atoms with Crippen LogP contribution in [0, 0.1) is 17.2 Å². The number of nitrogens with zero attached hydrogens (tertiary/aromatic N) is 1. The van der Waals surface area contributed by atoms with Gasteiger partial charge in [0.15, 0.2) is 0 Å². The Kier molecular flexibility index (Phi) is 8.33. The van der Waals surface area contributed by atoms with Crippen molar-refractivity contribution in [3.63, 3.8) is 0 Å². The lowest BCUT2D eigenvalue weighted by Gasteiger charge is -2.20. The van der Waals surface area contributed by atoms with Crippen LogP contribution in [0.25, 0.3) is 11.1 Å². The second-order valence-corrected chi connectivity index (χ2v) is 8.04. The molecule has 5 nitrogen and oxygen atoms in total. The Hall–Kier alpha value is -2.26. The standard InChI is InChI=1S/C21H20Cl3N3O2/c1-12(2)10-18(21(29)26-9-8-25)27-20(28)14-7-6-13(11-17(14)24)19-15(22)4-3-5-16(19)23/h3-7,11-12,18H,9-10H2,1-2H3,(H,26,29)(H,27,28)/t18-/m0/s1. The summed E-state index contributed by atoms with van der Waals surface area (Å²) >= 11 is 18.8. The first-order valence-corrected chi connectivity index (χ1v) is 10.1. The minimum atomic E-state index is -0.774. The van der Waals surface area contributed by atoms with E-state index < -0.39 is 17.9 Å². The predicted molar refractivity (Wildman–Crippen MR) is 116 cm³/mol. The number of rotatable bonds is 7. The molecule has 0 unspecified atom stereocenters. The third kappa shape index (κ3) is 6.11. The average molecular weight is 453 g/mol. The third-order valence-corrected chi connectivity index (χ3v) is 5.08. The summed E-state index contributed by atoms with van der Waals surface area (Å²) in [6.07, 6.45) is 0.425. The van der Waals surface area contributed by atoms with E-state index in [-0.39, 0.29) is 23.0 Å². The van der Waals surface area contributed by atoms with E-state index in [9.17, 15) is 9.59 Å². The molecule has 0 aromatic heterocycles. The second kappa shape index (κ2) is 10.5. The van der Waals surface area contributed by atoms with Gasteiger partial charge in [0.2, 0.25) is 5.91 Å². The molecule has 0 radical (unpaired) electrons. The molecule has 0 aliphatic heterocycles. The first kappa shape index (κ1) is 23.0. The number of benzene rings is 2. The van der Waals surface area contributed by atoms with E-state index in [1.54, 1.807) is 36.4 Å². The molecular formula is C21H20Cl3N3O2. The van der Waals surface area contributed by atoms with E-state index >= 15 is 0 Å². The Morgan fingerprint density at radius 1 is 1.07 bits per heavy atom. The maximum atomic E-state index is 12.7. The fourth-order valence-electron chi connectivity index (χ4n) is 2.82. The van der Waals surface area contributed by atoms with Crippen LogP contribution in [0.3, 0.4) is 0 Å². The van der Waals surface area contributed by atoms with E-state index in [1.807, 2.05) is 19.9 Å². The summed E-state index contributed by atoms with van der Waals surface area (Å²) in [4.78, 5) is 25.0. The van der Waals surface area contributed by atoms with Crippen LogP contribution in [0.4, 0.5) is 0 Å². The van der Waals surface area contributed by atoms with Gasteiger partial charge in [0, 0.05) is 15.6 Å². The molecule has 0 fully saturated rings. The summed E-state index contributed by atoms with van der Waals surface area (Å²) in [5.41, 5.74) is 1.52. The number of nitriles is 1. The van der Waals surface area contributed by atoms with Gasteiger partial charge in [-0.25, -0.2) is 0 Å². The predicted octanol–water partition coefficient (Wildman–Crippen LogP) is 5.10. The van der Waals surface area contributed by atoms with Crippen molar-refractivity contribution in [3.8, 4) is 17.2 Å². The van der Waals surface area contributed by atoms with Crippen LogP contribution < -0.4 is 10.6 Å². The summed E-state index contributed by atoms with van der Waals surface area (Å²) in [6, 6.07) is 11.1. The van der Waals surface area contributed by atoms with Gasteiger partial charge >= 0.3 is 0 Å². The fourth-order valence-corrected chi connectivity index (χ4v) is 3.70. The SMILES string of the molecule is CC(C)C[C@H](NC(=O)c1ccc(-c2c(Cl)cccc2Cl)cc1Cl)C(=O)NCC#N. The fraction of sp³-hybridized carbons (Fsp3) is 0.286. The van der Waals surface area contributed by atoms with Crippen molar-refractivity contribution in [2.45, 2.75) is 26.3 Å². The maximum Gasteiger partial charge on any atom is 0.253 e. The van der Waals surface area contributed by atoms with Gasteiger partial charge in [-0.3, -0.25) is 9.59 Å². The smallest absolute Gasteiger partial charge is 0.253 e. The van der Waals surface area contributed by atoms with Crippen molar-refractivity contribution in [3.05, 3.63) is 57.0 Å². The number of halogens is 3. The van der Waals surface area contributed by atoms with E-state index in [1.165, 1.54) is 0 Å². The highest BCUT2D eigenvalue weighted by Crippen LogP contribution is 2.36. The minimum Gasteiger partial charge on any atom is -0.341 e. The van der Waals surface area contributed by atoms with Crippen LogP contribution in [0.15, 0.2) is 36.4 Å². The summed E-state index contributed by atoms with van der Waals surface area (Å²) in [7, 11) is 0. The van der Waals surface area contributed by atoms with Gasteiger partial charge in [-0.2, -0.15) is 5.26 Å². The van der Waals surface area contributed by atoms with Crippen molar-refractivity contribution in [1.29, 1.82) is 5.26 Å². The van der Waals surface area contributed by atoms with Crippen molar-refractivity contribution < 1.29 is 9.59 Å². The van der Waals surface area contributed by atoms with Crippen LogP contribution >= 0.6 is 34.8 Å². The first-order chi connectivity index (χ1) is 13.7. The zero-order chi connectivity index (χ0) is 21.6. The molecule has 2 amide bonds. The molecule has 0 saturated carbocycles. The molecule has 0 aliphatic rings. The van der Waals surface area contributed by atoms with Gasteiger partial charge in [0.25, 0.3) is 5.91 Å². The lowest BCUT2D eigenvalue weighted by atomic mass is 10.0. The zero-order valence-corrected chi connectivity index (χ0v) is 18.2. The highest BCUT2D eigenvalue weighted by Gasteiger charge is 2.23. The number of nitrogens with one attached hydrogen (secondary N) is 2. The van der Waals surface area contributed by atoms with Gasteiger partial charge < -0.3 is 10.6 Å². The van der Waals surface area contributed by atoms with Gasteiger partial charge in [-0.15, -0.1) is 0 Å². The topological polar surface area (TPSA) is 82.0 Å². The average Bonchev–Trinajstić information content (AvgIpc) is 2.65. The van der Waals surface area contributed by atoms with E-state index in [2.05, 4.69) is 10.6 Å². The molecule has 0 heterocycles. The molecule has 8 heteroatoms. The largest absolute Gasteiger partial charge is 0.341 e. The molecule has 0 saturated heterocycles. The summed E-state index contributed by atoms with van der Waals surface area (Å²) in [5.74, 6) is -0.734. The van der Waals surface area contributed by atoms with Crippen molar-refractivity contribution >= 4 is 46.6 Å². The molecule has 0 aliphatic carbocycles. The Morgan fingerprint density at radius 3 is 2.28 bits per heavy atom. The summed E-state index contributed by atoms with van der Waals surface area (Å²) in [5, 5.41) is 15.0. The second-order valence-electron chi connectivity index (χ2n) is 6.82. The molecule has 1 atom stereocenters.